The number of para-hydroxylation sites is 1. The Morgan fingerprint density at radius 2 is 2.38 bits per heavy atom. The molecule has 0 radical (unpaired) electrons. The summed E-state index contributed by atoms with van der Waals surface area (Å²) in [6.45, 7) is 0. The molecule has 1 heterocycles. The molecule has 0 unspecified atom stereocenters. The molecule has 0 saturated carbocycles. The maximum Gasteiger partial charge on any atom is 0.381 e. The number of hydrogen-bond donors (Lipinski definition) is 1. The molecule has 0 aliphatic carbocycles. The number of aromatic nitrogens is 2. The number of fused-ring (bicyclic) bond motifs is 1. The second kappa shape index (κ2) is 2.85. The molecule has 0 spiro atoms. The van der Waals surface area contributed by atoms with Crippen LogP contribution in [0.1, 0.15) is 10.4 Å². The lowest BCUT2D eigenvalue weighted by atomic mass is 10.2. The van der Waals surface area contributed by atoms with Crippen LogP contribution in [0.15, 0.2) is 24.5 Å². The van der Waals surface area contributed by atoms with Crippen LogP contribution in [0.4, 0.5) is 4.53 Å². The number of nitrogens with zero attached hydrogens (tertiary/aromatic N) is 1. The first-order chi connectivity index (χ1) is 6.33. The minimum absolute atomic E-state index is 0.112. The molecule has 66 valence electrons. The predicted octanol–water partition coefficient (Wildman–Crippen LogP) is 1.60. The van der Waals surface area contributed by atoms with Crippen molar-refractivity contribution in [2.45, 2.75) is 0 Å². The highest BCUT2D eigenvalue weighted by Gasteiger charge is 2.12. The summed E-state index contributed by atoms with van der Waals surface area (Å²) in [6.07, 6.45) is 1.43. The van der Waals surface area contributed by atoms with Crippen molar-refractivity contribution in [3.8, 4) is 0 Å². The van der Waals surface area contributed by atoms with Gasteiger partial charge in [-0.3, -0.25) is 0 Å². The minimum atomic E-state index is -1.03. The van der Waals surface area contributed by atoms with Crippen LogP contribution in [0, 0.1) is 0 Å². The fourth-order valence-corrected chi connectivity index (χ4v) is 1.17. The molecule has 1 N–H and O–H groups in total. The molecule has 0 aliphatic rings. The largest absolute Gasteiger partial charge is 0.381 e. The molecule has 2 aromatic rings. The SMILES string of the molecule is O=C(OF)c1cccc2[nH]cnc12. The first-order valence-electron chi connectivity index (χ1n) is 3.58. The van der Waals surface area contributed by atoms with Crippen molar-refractivity contribution < 1.29 is 14.3 Å². The third-order valence-electron chi connectivity index (χ3n) is 1.74. The van der Waals surface area contributed by atoms with Crippen LogP contribution in [-0.4, -0.2) is 15.9 Å². The molecule has 4 nitrogen and oxygen atoms in total. The predicted molar refractivity (Wildman–Crippen MR) is 42.6 cm³/mol. The zero-order valence-electron chi connectivity index (χ0n) is 6.45. The summed E-state index contributed by atoms with van der Waals surface area (Å²) in [5.41, 5.74) is 1.19. The van der Waals surface area contributed by atoms with Gasteiger partial charge in [-0.15, -0.1) is 0 Å². The first-order valence-corrected chi connectivity index (χ1v) is 3.58. The lowest BCUT2D eigenvalue weighted by Gasteiger charge is -1.95. The molecule has 1 aromatic carbocycles. The first kappa shape index (κ1) is 7.72. The Labute approximate surface area is 72.2 Å². The summed E-state index contributed by atoms with van der Waals surface area (Å²) >= 11 is 0. The van der Waals surface area contributed by atoms with Crippen LogP contribution < -0.4 is 0 Å². The van der Waals surface area contributed by atoms with Gasteiger partial charge in [0.05, 0.1) is 17.4 Å². The highest BCUT2D eigenvalue weighted by atomic mass is 19.3. The number of halogens is 1. The van der Waals surface area contributed by atoms with Crippen LogP contribution in [-0.2, 0) is 4.94 Å². The standard InChI is InChI=1S/C8H5FN2O2/c9-13-8(12)5-2-1-3-6-7(5)11-4-10-6/h1-4H,(H,10,11). The van der Waals surface area contributed by atoms with E-state index in [1.165, 1.54) is 12.4 Å². The summed E-state index contributed by atoms with van der Waals surface area (Å²) in [5, 5.41) is 0. The number of benzene rings is 1. The number of rotatable bonds is 1. The topological polar surface area (TPSA) is 55.0 Å². The number of carbonyl (C=O) groups excluding carboxylic acids is 1. The van der Waals surface area contributed by atoms with E-state index in [-0.39, 0.29) is 5.56 Å². The van der Waals surface area contributed by atoms with E-state index in [2.05, 4.69) is 14.9 Å². The average Bonchev–Trinajstić information content (AvgIpc) is 2.63. The number of aromatic amines is 1. The number of H-pyrrole nitrogens is 1. The maximum absolute atomic E-state index is 11.6. The molecule has 2 rings (SSSR count). The third-order valence-corrected chi connectivity index (χ3v) is 1.74. The summed E-state index contributed by atoms with van der Waals surface area (Å²) in [6, 6.07) is 4.80. The quantitative estimate of drug-likeness (QED) is 0.725. The Morgan fingerprint density at radius 3 is 3.15 bits per heavy atom. The van der Waals surface area contributed by atoms with Crippen molar-refractivity contribution in [3.05, 3.63) is 30.1 Å². The van der Waals surface area contributed by atoms with E-state index >= 15 is 0 Å². The third kappa shape index (κ3) is 1.14. The van der Waals surface area contributed by atoms with Gasteiger partial charge in [-0.05, 0) is 12.1 Å². The Morgan fingerprint density at radius 1 is 1.54 bits per heavy atom. The highest BCUT2D eigenvalue weighted by molar-refractivity contribution is 6.01. The second-order valence-corrected chi connectivity index (χ2v) is 2.47. The van der Waals surface area contributed by atoms with Gasteiger partial charge in [0.25, 0.3) is 0 Å². The normalized spacial score (nSPS) is 10.2. The summed E-state index contributed by atoms with van der Waals surface area (Å²) < 4.78 is 11.6. The fourth-order valence-electron chi connectivity index (χ4n) is 1.17. The van der Waals surface area contributed by atoms with Gasteiger partial charge in [-0.2, -0.15) is 0 Å². The average molecular weight is 180 g/mol. The monoisotopic (exact) mass is 180 g/mol. The van der Waals surface area contributed by atoms with Crippen molar-refractivity contribution >= 4 is 17.0 Å². The van der Waals surface area contributed by atoms with E-state index in [9.17, 15) is 9.32 Å². The van der Waals surface area contributed by atoms with Crippen LogP contribution in [0.5, 0.6) is 0 Å². The van der Waals surface area contributed by atoms with Crippen molar-refractivity contribution in [3.63, 3.8) is 0 Å². The van der Waals surface area contributed by atoms with E-state index < -0.39 is 5.97 Å². The van der Waals surface area contributed by atoms with E-state index in [0.29, 0.717) is 11.0 Å². The summed E-state index contributed by atoms with van der Waals surface area (Å²) in [5.74, 6) is -1.03. The zero-order valence-corrected chi connectivity index (χ0v) is 6.45. The number of imidazole rings is 1. The number of nitrogens with one attached hydrogen (secondary N) is 1. The van der Waals surface area contributed by atoms with Gasteiger partial charge in [0.15, 0.2) is 0 Å². The van der Waals surface area contributed by atoms with Crippen LogP contribution in [0.25, 0.3) is 11.0 Å². The van der Waals surface area contributed by atoms with Crippen LogP contribution in [0.2, 0.25) is 0 Å². The Balaban J connectivity index is 2.67. The molecule has 0 saturated heterocycles. The second-order valence-electron chi connectivity index (χ2n) is 2.47. The molecule has 0 amide bonds. The van der Waals surface area contributed by atoms with Gasteiger partial charge in [0.2, 0.25) is 0 Å². The van der Waals surface area contributed by atoms with Crippen LogP contribution >= 0.6 is 0 Å². The minimum Gasteiger partial charge on any atom is -0.345 e. The van der Waals surface area contributed by atoms with Gasteiger partial charge in [-0.1, -0.05) is 6.07 Å². The fraction of sp³-hybridized carbons (Fsp3) is 0. The molecular weight excluding hydrogens is 175 g/mol. The molecule has 13 heavy (non-hydrogen) atoms. The molecule has 0 aliphatic heterocycles. The van der Waals surface area contributed by atoms with E-state index in [1.807, 2.05) is 0 Å². The smallest absolute Gasteiger partial charge is 0.345 e. The molecule has 0 atom stereocenters. The molecule has 0 bridgehead atoms. The van der Waals surface area contributed by atoms with E-state index in [4.69, 9.17) is 0 Å². The summed E-state index contributed by atoms with van der Waals surface area (Å²) in [4.78, 5) is 20.7. The van der Waals surface area contributed by atoms with Gasteiger partial charge >= 0.3 is 5.97 Å². The molecular formula is C8H5FN2O2. The lowest BCUT2D eigenvalue weighted by molar-refractivity contribution is -0.0786. The molecule has 0 fully saturated rings. The highest BCUT2D eigenvalue weighted by Crippen LogP contribution is 2.15. The van der Waals surface area contributed by atoms with Crippen molar-refractivity contribution in [2.24, 2.45) is 0 Å². The number of hydrogen-bond acceptors (Lipinski definition) is 3. The van der Waals surface area contributed by atoms with E-state index in [0.717, 1.165) is 0 Å². The maximum atomic E-state index is 11.6. The van der Waals surface area contributed by atoms with E-state index in [1.54, 1.807) is 12.1 Å². The summed E-state index contributed by atoms with van der Waals surface area (Å²) in [7, 11) is 0. The Hall–Kier alpha value is -1.91. The molecule has 5 heteroatoms. The van der Waals surface area contributed by atoms with Gasteiger partial charge in [0, 0.05) is 4.53 Å². The van der Waals surface area contributed by atoms with Crippen molar-refractivity contribution in [1.82, 2.24) is 9.97 Å². The Kier molecular flexibility index (Phi) is 1.70. The van der Waals surface area contributed by atoms with Crippen LogP contribution in [0.3, 0.4) is 0 Å². The zero-order chi connectivity index (χ0) is 9.26. The molecule has 1 aromatic heterocycles. The number of carbonyl (C=O) groups is 1. The van der Waals surface area contributed by atoms with Gasteiger partial charge in [-0.25, -0.2) is 14.7 Å². The van der Waals surface area contributed by atoms with Crippen molar-refractivity contribution in [2.75, 3.05) is 0 Å². The Bertz CT molecular complexity index is 452. The van der Waals surface area contributed by atoms with Crippen molar-refractivity contribution in [1.29, 1.82) is 0 Å². The lowest BCUT2D eigenvalue weighted by Crippen LogP contribution is -1.99. The van der Waals surface area contributed by atoms with Gasteiger partial charge in [0.1, 0.15) is 5.52 Å². The van der Waals surface area contributed by atoms with Gasteiger partial charge < -0.3 is 4.98 Å².